The highest BCUT2D eigenvalue weighted by atomic mass is 19.3. The topological polar surface area (TPSA) is 142 Å². The molecule has 0 aliphatic heterocycles. The van der Waals surface area contributed by atoms with Crippen LogP contribution in [0.15, 0.2) is 30.2 Å². The number of rotatable bonds is 10. The maximum Gasteiger partial charge on any atom is 0.322 e. The summed E-state index contributed by atoms with van der Waals surface area (Å²) in [4.78, 5) is 32.3. The van der Waals surface area contributed by atoms with Crippen LogP contribution in [0, 0.1) is 5.92 Å². The molecule has 0 aromatic carbocycles. The second-order valence-electron chi connectivity index (χ2n) is 7.70. The number of allylic oxidation sites excluding steroid dienone is 2. The van der Waals surface area contributed by atoms with E-state index >= 15 is 0 Å². The summed E-state index contributed by atoms with van der Waals surface area (Å²) in [6.07, 6.45) is 6.70. The van der Waals surface area contributed by atoms with Crippen LogP contribution < -0.4 is 15.0 Å². The number of hydrogen-bond acceptors (Lipinski definition) is 7. The lowest BCUT2D eigenvalue weighted by Gasteiger charge is -2.26. The van der Waals surface area contributed by atoms with Crippen molar-refractivity contribution < 1.29 is 44.8 Å². The van der Waals surface area contributed by atoms with Crippen molar-refractivity contribution in [3.63, 3.8) is 0 Å². The van der Waals surface area contributed by atoms with E-state index < -0.39 is 0 Å². The molecular weight excluding hydrogens is 487 g/mol. The molecule has 36 heavy (non-hydrogen) atoms. The number of urea groups is 1. The maximum atomic E-state index is 11.9. The first-order valence-corrected chi connectivity index (χ1v) is 10.9. The molecule has 2 amide bonds. The van der Waals surface area contributed by atoms with Gasteiger partial charge >= 0.3 is 6.03 Å². The number of aliphatic hydroxyl groups excluding tert-OH is 2. The largest absolute Gasteiger partial charge is 0.481 e. The number of nitrogens with one attached hydrogen (secondary N) is 2. The van der Waals surface area contributed by atoms with Crippen LogP contribution in [0.3, 0.4) is 0 Å². The van der Waals surface area contributed by atoms with Crippen LogP contribution >= 0.6 is 0 Å². The molecule has 2 aromatic rings. The molecule has 1 unspecified atom stereocenters. The number of aldehydes is 1. The third-order valence-electron chi connectivity index (χ3n) is 5.32. The Morgan fingerprint density at radius 3 is 2.67 bits per heavy atom. The average Bonchev–Trinajstić information content (AvgIpc) is 2.87. The number of halogens is 3. The number of ether oxygens (including phenoxy) is 1. The van der Waals surface area contributed by atoms with Gasteiger partial charge in [-0.1, -0.05) is 6.07 Å². The van der Waals surface area contributed by atoms with Gasteiger partial charge in [-0.15, -0.1) is 0 Å². The summed E-state index contributed by atoms with van der Waals surface area (Å²) in [5.41, 5.74) is 1.27. The number of aliphatic hydroxyl groups is 2. The molecule has 11 nitrogen and oxygen atoms in total. The lowest BCUT2D eigenvalue weighted by Crippen LogP contribution is -2.41. The molecule has 0 saturated heterocycles. The average molecular weight is 524 g/mol. The Kier molecular flexibility index (Phi) is 15.3. The van der Waals surface area contributed by atoms with E-state index in [0.29, 0.717) is 61.3 Å². The van der Waals surface area contributed by atoms with Gasteiger partial charge in [-0.2, -0.15) is 0 Å². The second kappa shape index (κ2) is 17.0. The first kappa shape index (κ1) is 32.5. The Morgan fingerprint density at radius 2 is 2.17 bits per heavy atom. The minimum Gasteiger partial charge on any atom is -0.481 e. The Balaban J connectivity index is 0. The summed E-state index contributed by atoms with van der Waals surface area (Å²) >= 11 is 0. The van der Waals surface area contributed by atoms with Crippen molar-refractivity contribution >= 4 is 18.1 Å². The molecular formula is C22H36F3N5O6. The number of H-pyrrole nitrogens is 1. The third kappa shape index (κ3) is 9.26. The summed E-state index contributed by atoms with van der Waals surface area (Å²) in [7, 11) is 3.10. The minimum atomic E-state index is -0.351. The van der Waals surface area contributed by atoms with Gasteiger partial charge in [0.1, 0.15) is 11.5 Å². The highest BCUT2D eigenvalue weighted by Gasteiger charge is 2.21. The van der Waals surface area contributed by atoms with Crippen LogP contribution in [0.5, 0.6) is 5.88 Å². The van der Waals surface area contributed by atoms with E-state index in [1.54, 1.807) is 37.2 Å². The monoisotopic (exact) mass is 523 g/mol. The zero-order chi connectivity index (χ0) is 24.9. The highest BCUT2D eigenvalue weighted by molar-refractivity contribution is 5.95. The number of pyridine rings is 1. The Bertz CT molecular complexity index is 942. The summed E-state index contributed by atoms with van der Waals surface area (Å²) in [6, 6.07) is 3.23. The summed E-state index contributed by atoms with van der Waals surface area (Å²) in [5.74, 6) is 1.65. The van der Waals surface area contributed by atoms with Crippen LogP contribution in [-0.2, 0) is 11.5 Å². The molecule has 2 heterocycles. The smallest absolute Gasteiger partial charge is 0.322 e. The van der Waals surface area contributed by atoms with Gasteiger partial charge in [-0.3, -0.25) is 33.8 Å². The normalized spacial score (nSPS) is 14.1. The number of carbonyl (C=O) groups excluding carboxylic acids is 2. The van der Waals surface area contributed by atoms with Crippen molar-refractivity contribution in [1.29, 1.82) is 0 Å². The zero-order valence-electron chi connectivity index (χ0n) is 20.2. The van der Waals surface area contributed by atoms with Crippen LogP contribution in [0.25, 0.3) is 0 Å². The molecule has 1 atom stereocenters. The first-order valence-electron chi connectivity index (χ1n) is 10.9. The second-order valence-corrected chi connectivity index (χ2v) is 7.70. The van der Waals surface area contributed by atoms with E-state index in [9.17, 15) is 14.1 Å². The van der Waals surface area contributed by atoms with Gasteiger partial charge in [0.15, 0.2) is 12.1 Å². The lowest BCUT2D eigenvalue weighted by molar-refractivity contribution is -0.0901. The van der Waals surface area contributed by atoms with Gasteiger partial charge < -0.3 is 20.3 Å². The maximum absolute atomic E-state index is 11.9. The van der Waals surface area contributed by atoms with E-state index in [1.807, 2.05) is 6.07 Å². The predicted molar refractivity (Wildman–Crippen MR) is 129 cm³/mol. The predicted octanol–water partition coefficient (Wildman–Crippen LogP) is 2.72. The molecule has 0 radical (unpaired) electrons. The van der Waals surface area contributed by atoms with Crippen molar-refractivity contribution in [3.8, 4) is 5.88 Å². The fourth-order valence-corrected chi connectivity index (χ4v) is 3.21. The Labute approximate surface area is 208 Å². The first-order chi connectivity index (χ1) is 16.5. The Hall–Kier alpha value is -3.52. The SMILES string of the molecule is COc1ccc(Cn2[nH]c(N(C)C(=O)NCCCO)c2C=O)cn1.F.F.OCC1CC=C(OF)CC1.[HH]. The van der Waals surface area contributed by atoms with Crippen LogP contribution in [0.2, 0.25) is 0 Å². The van der Waals surface area contributed by atoms with Crippen molar-refractivity contribution in [2.45, 2.75) is 32.2 Å². The van der Waals surface area contributed by atoms with E-state index in [0.717, 1.165) is 18.4 Å². The number of aromatic amines is 1. The van der Waals surface area contributed by atoms with Crippen molar-refractivity contribution in [2.75, 3.05) is 38.8 Å². The number of hydrogen-bond donors (Lipinski definition) is 4. The summed E-state index contributed by atoms with van der Waals surface area (Å²) in [6.45, 7) is 0.989. The molecule has 0 bridgehead atoms. The number of anilines is 1. The van der Waals surface area contributed by atoms with Gasteiger partial charge in [0, 0.05) is 51.4 Å². The van der Waals surface area contributed by atoms with Crippen molar-refractivity contribution in [1.82, 2.24) is 20.1 Å². The molecule has 2 aromatic heterocycles. The fourth-order valence-electron chi connectivity index (χ4n) is 3.21. The minimum absolute atomic E-state index is 0. The Morgan fingerprint density at radius 1 is 1.42 bits per heavy atom. The molecule has 0 spiro atoms. The third-order valence-corrected chi connectivity index (χ3v) is 5.32. The molecule has 0 saturated carbocycles. The molecule has 4 N–H and O–H groups in total. The molecule has 3 rings (SSSR count). The lowest BCUT2D eigenvalue weighted by atomic mass is 9.94. The highest BCUT2D eigenvalue weighted by Crippen LogP contribution is 2.23. The van der Waals surface area contributed by atoms with Crippen molar-refractivity contribution in [2.24, 2.45) is 5.92 Å². The van der Waals surface area contributed by atoms with E-state index in [-0.39, 0.29) is 30.1 Å². The van der Waals surface area contributed by atoms with Crippen molar-refractivity contribution in [3.05, 3.63) is 41.4 Å². The number of nitrogens with zero attached hydrogens (tertiary/aromatic N) is 3. The van der Waals surface area contributed by atoms with Gasteiger partial charge in [0.25, 0.3) is 0 Å². The number of amides is 2. The van der Waals surface area contributed by atoms with Gasteiger partial charge in [0.2, 0.25) is 5.88 Å². The number of carbonyl (C=O) groups is 2. The number of aromatic nitrogens is 3. The molecule has 1 aliphatic rings. The van der Waals surface area contributed by atoms with E-state index in [1.165, 1.54) is 4.90 Å². The number of methoxy groups -OCH3 is 1. The van der Waals surface area contributed by atoms with Crippen LogP contribution in [0.1, 0.15) is 43.2 Å². The quantitative estimate of drug-likeness (QED) is 0.277. The standard InChI is InChI=1S/C15H21N5O4.C7H11FO2.2FH.H2/c1-19(15(23)16-6-3-7-21)14-12(10-22)20(18-14)9-11-4-5-13(24-2)17-8-11;8-10-7-3-1-6(5-9)2-4-7;;;/h4-5,8,10,18,21H,3,6-7,9H2,1-2H3,(H,16,23);3,6,9H,1-2,4-5H2;3*1H. The molecule has 14 heteroatoms. The molecule has 206 valence electrons. The van der Waals surface area contributed by atoms with Crippen LogP contribution in [-0.4, -0.2) is 71.2 Å². The fraction of sp³-hybridized carbons (Fsp3) is 0.500. The molecule has 1 aliphatic carbocycles. The summed E-state index contributed by atoms with van der Waals surface area (Å²) in [5, 5.41) is 23.0. The van der Waals surface area contributed by atoms with E-state index in [4.69, 9.17) is 14.9 Å². The summed E-state index contributed by atoms with van der Waals surface area (Å²) < 4.78 is 18.1. The van der Waals surface area contributed by atoms with E-state index in [2.05, 4.69) is 20.3 Å². The van der Waals surface area contributed by atoms with Gasteiger partial charge in [-0.25, -0.2) is 9.78 Å². The molecule has 0 fully saturated rings. The van der Waals surface area contributed by atoms with Gasteiger partial charge in [0.05, 0.1) is 13.7 Å². The van der Waals surface area contributed by atoms with Gasteiger partial charge in [-0.05, 0) is 36.8 Å². The zero-order valence-corrected chi connectivity index (χ0v) is 20.2. The van der Waals surface area contributed by atoms with Crippen LogP contribution in [0.4, 0.5) is 24.5 Å².